The number of rotatable bonds is 4. The number of aromatic nitrogens is 2. The maximum absolute atomic E-state index is 12.4. The zero-order valence-corrected chi connectivity index (χ0v) is 13.4. The summed E-state index contributed by atoms with van der Waals surface area (Å²) in [6.45, 7) is 0. The van der Waals surface area contributed by atoms with E-state index in [9.17, 15) is 4.79 Å². The molecule has 1 heterocycles. The van der Waals surface area contributed by atoms with Gasteiger partial charge in [-0.3, -0.25) is 4.79 Å². The van der Waals surface area contributed by atoms with Crippen LogP contribution in [0, 0.1) is 5.92 Å². The van der Waals surface area contributed by atoms with E-state index < -0.39 is 0 Å². The molecule has 0 unspecified atom stereocenters. The molecule has 1 aromatic carbocycles. The summed E-state index contributed by atoms with van der Waals surface area (Å²) in [5.41, 5.74) is 1.67. The van der Waals surface area contributed by atoms with E-state index in [0.29, 0.717) is 11.8 Å². The van der Waals surface area contributed by atoms with Gasteiger partial charge in [0.15, 0.2) is 5.82 Å². The molecule has 0 radical (unpaired) electrons. The van der Waals surface area contributed by atoms with Gasteiger partial charge in [0.2, 0.25) is 5.91 Å². The molecule has 1 amide bonds. The first-order valence-corrected chi connectivity index (χ1v) is 8.44. The smallest absolute Gasteiger partial charge is 0.260 e. The van der Waals surface area contributed by atoms with Gasteiger partial charge in [-0.15, -0.1) is 0 Å². The third-order valence-corrected chi connectivity index (χ3v) is 4.92. The second-order valence-corrected chi connectivity index (χ2v) is 6.63. The van der Waals surface area contributed by atoms with Crippen LogP contribution in [0.3, 0.4) is 0 Å². The second kappa shape index (κ2) is 5.80. The number of nitrogens with zero attached hydrogens (tertiary/aromatic N) is 3. The lowest BCUT2D eigenvalue weighted by atomic mass is 10.1. The highest BCUT2D eigenvalue weighted by Gasteiger charge is 2.33. The molecule has 2 fully saturated rings. The number of anilines is 1. The number of hydrogen-bond acceptors (Lipinski definition) is 4. The number of carbonyl (C=O) groups is 1. The Labute approximate surface area is 135 Å². The normalized spacial score (nSPS) is 18.3. The van der Waals surface area contributed by atoms with Gasteiger partial charge in [0.05, 0.1) is 11.3 Å². The topological polar surface area (TPSA) is 59.2 Å². The summed E-state index contributed by atoms with van der Waals surface area (Å²) in [7, 11) is 1.83. The minimum atomic E-state index is 0.174. The standard InChI is InChI=1S/C18H21N3O2/c1-21(18(22)13-10-11-13)15-9-5-4-8-14(15)17-19-16(20-23-17)12-6-2-3-7-12/h4-5,8-9,12-13H,2-3,6-7,10-11H2,1H3. The number of amides is 1. The fourth-order valence-corrected chi connectivity index (χ4v) is 3.36. The van der Waals surface area contributed by atoms with Crippen molar-refractivity contribution in [3.05, 3.63) is 30.1 Å². The molecule has 0 spiro atoms. The summed E-state index contributed by atoms with van der Waals surface area (Å²) in [5, 5.41) is 4.18. The van der Waals surface area contributed by atoms with Crippen molar-refractivity contribution in [2.75, 3.05) is 11.9 Å². The van der Waals surface area contributed by atoms with E-state index in [1.54, 1.807) is 4.90 Å². The predicted octanol–water partition coefficient (Wildman–Crippen LogP) is 3.77. The molecule has 0 bridgehead atoms. The van der Waals surface area contributed by atoms with Crippen molar-refractivity contribution in [3.63, 3.8) is 0 Å². The fraction of sp³-hybridized carbons (Fsp3) is 0.500. The molecule has 23 heavy (non-hydrogen) atoms. The van der Waals surface area contributed by atoms with E-state index in [1.807, 2.05) is 31.3 Å². The number of hydrogen-bond donors (Lipinski definition) is 0. The van der Waals surface area contributed by atoms with Gasteiger partial charge in [-0.2, -0.15) is 4.98 Å². The zero-order chi connectivity index (χ0) is 15.8. The first-order chi connectivity index (χ1) is 11.2. The lowest BCUT2D eigenvalue weighted by Gasteiger charge is -2.19. The Balaban J connectivity index is 1.64. The SMILES string of the molecule is CN(C(=O)C1CC1)c1ccccc1-c1nc(C2CCCC2)no1. The van der Waals surface area contributed by atoms with E-state index in [2.05, 4.69) is 10.1 Å². The van der Waals surface area contributed by atoms with Crippen LogP contribution in [0.25, 0.3) is 11.5 Å². The minimum Gasteiger partial charge on any atom is -0.334 e. The van der Waals surface area contributed by atoms with Gasteiger partial charge in [-0.1, -0.05) is 30.1 Å². The van der Waals surface area contributed by atoms with Crippen LogP contribution in [0.1, 0.15) is 50.3 Å². The maximum atomic E-state index is 12.4. The van der Waals surface area contributed by atoms with Crippen molar-refractivity contribution in [1.82, 2.24) is 10.1 Å². The van der Waals surface area contributed by atoms with Crippen LogP contribution >= 0.6 is 0 Å². The van der Waals surface area contributed by atoms with Crippen LogP contribution in [0.2, 0.25) is 0 Å². The summed E-state index contributed by atoms with van der Waals surface area (Å²) in [6.07, 6.45) is 6.75. The molecule has 2 aromatic rings. The van der Waals surface area contributed by atoms with Crippen LogP contribution in [-0.2, 0) is 4.79 Å². The molecule has 2 saturated carbocycles. The first kappa shape index (κ1) is 14.4. The Bertz CT molecular complexity index is 715. The van der Waals surface area contributed by atoms with Crippen molar-refractivity contribution in [3.8, 4) is 11.5 Å². The molecule has 120 valence electrons. The maximum Gasteiger partial charge on any atom is 0.260 e. The van der Waals surface area contributed by atoms with Crippen molar-refractivity contribution < 1.29 is 9.32 Å². The largest absolute Gasteiger partial charge is 0.334 e. The molecule has 1 aromatic heterocycles. The molecule has 0 saturated heterocycles. The van der Waals surface area contributed by atoms with Gasteiger partial charge in [0, 0.05) is 18.9 Å². The van der Waals surface area contributed by atoms with Crippen LogP contribution in [0.15, 0.2) is 28.8 Å². The summed E-state index contributed by atoms with van der Waals surface area (Å²) in [4.78, 5) is 18.7. The zero-order valence-electron chi connectivity index (χ0n) is 13.4. The van der Waals surface area contributed by atoms with E-state index >= 15 is 0 Å². The number of benzene rings is 1. The highest BCUT2D eigenvalue weighted by Crippen LogP contribution is 2.37. The number of carbonyl (C=O) groups excluding carboxylic acids is 1. The monoisotopic (exact) mass is 311 g/mol. The van der Waals surface area contributed by atoms with Gasteiger partial charge in [-0.25, -0.2) is 0 Å². The minimum absolute atomic E-state index is 0.174. The molecule has 2 aliphatic carbocycles. The van der Waals surface area contributed by atoms with Gasteiger partial charge in [0.25, 0.3) is 5.89 Å². The van der Waals surface area contributed by atoms with Gasteiger partial charge >= 0.3 is 0 Å². The van der Waals surface area contributed by atoms with E-state index in [4.69, 9.17) is 4.52 Å². The molecular formula is C18H21N3O2. The van der Waals surface area contributed by atoms with Crippen molar-refractivity contribution in [1.29, 1.82) is 0 Å². The Morgan fingerprint density at radius 3 is 2.65 bits per heavy atom. The summed E-state index contributed by atoms with van der Waals surface area (Å²) < 4.78 is 5.51. The molecule has 4 rings (SSSR count). The Morgan fingerprint density at radius 2 is 1.91 bits per heavy atom. The van der Waals surface area contributed by atoms with Crippen LogP contribution < -0.4 is 4.90 Å². The first-order valence-electron chi connectivity index (χ1n) is 8.44. The van der Waals surface area contributed by atoms with Crippen molar-refractivity contribution in [2.24, 2.45) is 5.92 Å². The Morgan fingerprint density at radius 1 is 1.17 bits per heavy atom. The van der Waals surface area contributed by atoms with Crippen LogP contribution in [-0.4, -0.2) is 23.1 Å². The second-order valence-electron chi connectivity index (χ2n) is 6.63. The van der Waals surface area contributed by atoms with E-state index in [0.717, 1.165) is 42.8 Å². The molecule has 5 nitrogen and oxygen atoms in total. The van der Waals surface area contributed by atoms with Gasteiger partial charge < -0.3 is 9.42 Å². The molecule has 0 N–H and O–H groups in total. The molecule has 2 aliphatic rings. The highest BCUT2D eigenvalue weighted by atomic mass is 16.5. The number of para-hydroxylation sites is 1. The molecule has 5 heteroatoms. The lowest BCUT2D eigenvalue weighted by molar-refractivity contribution is -0.119. The van der Waals surface area contributed by atoms with Crippen LogP contribution in [0.4, 0.5) is 5.69 Å². The lowest BCUT2D eigenvalue weighted by Crippen LogP contribution is -2.28. The third-order valence-electron chi connectivity index (χ3n) is 4.92. The molecule has 0 atom stereocenters. The summed E-state index contributed by atoms with van der Waals surface area (Å²) in [6, 6.07) is 7.75. The Kier molecular flexibility index (Phi) is 3.63. The Hall–Kier alpha value is -2.17. The average Bonchev–Trinajstić information content (AvgIpc) is 3.09. The highest BCUT2D eigenvalue weighted by molar-refractivity contribution is 5.98. The molecule has 0 aliphatic heterocycles. The van der Waals surface area contributed by atoms with E-state index in [-0.39, 0.29) is 11.8 Å². The van der Waals surface area contributed by atoms with Gasteiger partial charge in [-0.05, 0) is 37.8 Å². The van der Waals surface area contributed by atoms with Crippen LogP contribution in [0.5, 0.6) is 0 Å². The average molecular weight is 311 g/mol. The van der Waals surface area contributed by atoms with Gasteiger partial charge in [0.1, 0.15) is 0 Å². The third kappa shape index (κ3) is 2.76. The summed E-state index contributed by atoms with van der Waals surface area (Å²) in [5.74, 6) is 2.10. The van der Waals surface area contributed by atoms with Crippen molar-refractivity contribution >= 4 is 11.6 Å². The quantitative estimate of drug-likeness (QED) is 0.862. The summed E-state index contributed by atoms with van der Waals surface area (Å²) >= 11 is 0. The predicted molar refractivity (Wildman–Crippen MR) is 87.1 cm³/mol. The fourth-order valence-electron chi connectivity index (χ4n) is 3.36. The van der Waals surface area contributed by atoms with E-state index in [1.165, 1.54) is 12.8 Å². The molecular weight excluding hydrogens is 290 g/mol. The van der Waals surface area contributed by atoms with Crippen molar-refractivity contribution in [2.45, 2.75) is 44.4 Å².